The van der Waals surface area contributed by atoms with Gasteiger partial charge in [-0.1, -0.05) is 24.3 Å². The van der Waals surface area contributed by atoms with Crippen LogP contribution in [0.3, 0.4) is 0 Å². The minimum atomic E-state index is -0.914. The van der Waals surface area contributed by atoms with Crippen molar-refractivity contribution >= 4 is 0 Å². The average Bonchev–Trinajstić information content (AvgIpc) is 3.07. The number of aliphatic hydroxyl groups is 1. The number of benzene rings is 2. The fourth-order valence-corrected chi connectivity index (χ4v) is 3.26. The normalized spacial score (nSPS) is 17.8. The van der Waals surface area contributed by atoms with E-state index in [0.717, 1.165) is 31.3 Å². The van der Waals surface area contributed by atoms with E-state index < -0.39 is 17.2 Å². The second-order valence-corrected chi connectivity index (χ2v) is 6.77. The van der Waals surface area contributed by atoms with Gasteiger partial charge in [-0.05, 0) is 62.5 Å². The fraction of sp³-hybridized carbons (Fsp3) is 0.400. The molecule has 128 valence electrons. The SMILES string of the molecule is CC(O)(CCN1CCCC1)c1ccc(-c2ccc(F)cc2F)cc1. The first-order chi connectivity index (χ1) is 11.5. The summed E-state index contributed by atoms with van der Waals surface area (Å²) in [7, 11) is 0. The molecule has 1 aliphatic rings. The third-order valence-electron chi connectivity index (χ3n) is 4.86. The van der Waals surface area contributed by atoms with Crippen molar-refractivity contribution in [2.75, 3.05) is 19.6 Å². The highest BCUT2D eigenvalue weighted by atomic mass is 19.1. The van der Waals surface area contributed by atoms with E-state index in [4.69, 9.17) is 0 Å². The summed E-state index contributed by atoms with van der Waals surface area (Å²) in [4.78, 5) is 2.37. The lowest BCUT2D eigenvalue weighted by Gasteiger charge is -2.27. The molecule has 1 aliphatic heterocycles. The van der Waals surface area contributed by atoms with Gasteiger partial charge < -0.3 is 10.0 Å². The van der Waals surface area contributed by atoms with E-state index in [1.54, 1.807) is 12.1 Å². The van der Waals surface area contributed by atoms with Crippen molar-refractivity contribution in [2.45, 2.75) is 31.8 Å². The molecule has 0 spiro atoms. The van der Waals surface area contributed by atoms with E-state index in [2.05, 4.69) is 4.90 Å². The molecule has 2 aromatic carbocycles. The summed E-state index contributed by atoms with van der Waals surface area (Å²) < 4.78 is 26.9. The summed E-state index contributed by atoms with van der Waals surface area (Å²) in [6.07, 6.45) is 3.14. The zero-order valence-electron chi connectivity index (χ0n) is 13.9. The second kappa shape index (κ2) is 6.99. The maximum atomic E-state index is 13.9. The summed E-state index contributed by atoms with van der Waals surface area (Å²) in [5, 5.41) is 10.7. The standard InChI is InChI=1S/C20H23F2NO/c1-20(24,10-13-23-11-2-3-12-23)16-6-4-15(5-7-16)18-9-8-17(21)14-19(18)22/h4-9,14,24H,2-3,10-13H2,1H3. The van der Waals surface area contributed by atoms with E-state index in [9.17, 15) is 13.9 Å². The first-order valence-corrected chi connectivity index (χ1v) is 8.46. The van der Waals surface area contributed by atoms with E-state index in [1.165, 1.54) is 25.0 Å². The molecular formula is C20H23F2NO. The number of likely N-dealkylation sites (tertiary alicyclic amines) is 1. The molecule has 24 heavy (non-hydrogen) atoms. The zero-order chi connectivity index (χ0) is 17.2. The van der Waals surface area contributed by atoms with E-state index in [0.29, 0.717) is 17.5 Å². The zero-order valence-corrected chi connectivity index (χ0v) is 13.9. The van der Waals surface area contributed by atoms with Crippen LogP contribution in [-0.2, 0) is 5.60 Å². The van der Waals surface area contributed by atoms with Crippen LogP contribution in [0.4, 0.5) is 8.78 Å². The topological polar surface area (TPSA) is 23.5 Å². The van der Waals surface area contributed by atoms with Gasteiger partial charge in [-0.2, -0.15) is 0 Å². The maximum Gasteiger partial charge on any atom is 0.133 e. The monoisotopic (exact) mass is 331 g/mol. The molecule has 0 saturated carbocycles. The van der Waals surface area contributed by atoms with Crippen LogP contribution >= 0.6 is 0 Å². The quantitative estimate of drug-likeness (QED) is 0.882. The Morgan fingerprint density at radius 1 is 1.04 bits per heavy atom. The van der Waals surface area contributed by atoms with Crippen LogP contribution in [0.1, 0.15) is 31.7 Å². The number of hydrogen-bond donors (Lipinski definition) is 1. The number of halogens is 2. The molecule has 1 unspecified atom stereocenters. The molecular weight excluding hydrogens is 308 g/mol. The molecule has 0 aliphatic carbocycles. The molecule has 0 radical (unpaired) electrons. The first-order valence-electron chi connectivity index (χ1n) is 8.46. The summed E-state index contributed by atoms with van der Waals surface area (Å²) in [5.41, 5.74) is 0.932. The molecule has 1 fully saturated rings. The number of hydrogen-bond acceptors (Lipinski definition) is 2. The predicted octanol–water partition coefficient (Wildman–Crippen LogP) is 4.33. The van der Waals surface area contributed by atoms with Crippen LogP contribution in [0.15, 0.2) is 42.5 Å². The fourth-order valence-electron chi connectivity index (χ4n) is 3.26. The smallest absolute Gasteiger partial charge is 0.133 e. The van der Waals surface area contributed by atoms with Crippen LogP contribution < -0.4 is 0 Å². The van der Waals surface area contributed by atoms with Crippen molar-refractivity contribution in [2.24, 2.45) is 0 Å². The lowest BCUT2D eigenvalue weighted by atomic mass is 9.90. The minimum absolute atomic E-state index is 0.361. The Hall–Kier alpha value is -1.78. The largest absolute Gasteiger partial charge is 0.385 e. The van der Waals surface area contributed by atoms with Gasteiger partial charge >= 0.3 is 0 Å². The van der Waals surface area contributed by atoms with Gasteiger partial charge in [0.05, 0.1) is 5.60 Å². The number of rotatable bonds is 5. The predicted molar refractivity (Wildman–Crippen MR) is 91.7 cm³/mol. The van der Waals surface area contributed by atoms with Gasteiger partial charge in [-0.25, -0.2) is 8.78 Å². The summed E-state index contributed by atoms with van der Waals surface area (Å²) in [5.74, 6) is -1.17. The molecule has 1 saturated heterocycles. The molecule has 2 nitrogen and oxygen atoms in total. The first kappa shape index (κ1) is 17.1. The van der Waals surface area contributed by atoms with Gasteiger partial charge in [0.15, 0.2) is 0 Å². The third-order valence-corrected chi connectivity index (χ3v) is 4.86. The lowest BCUT2D eigenvalue weighted by molar-refractivity contribution is 0.0383. The van der Waals surface area contributed by atoms with Crippen LogP contribution in [0.25, 0.3) is 11.1 Å². The second-order valence-electron chi connectivity index (χ2n) is 6.77. The molecule has 0 amide bonds. The van der Waals surface area contributed by atoms with Gasteiger partial charge in [-0.3, -0.25) is 0 Å². The highest BCUT2D eigenvalue weighted by Gasteiger charge is 2.24. The Bertz CT molecular complexity index is 691. The Balaban J connectivity index is 1.72. The Labute approximate surface area is 141 Å². The average molecular weight is 331 g/mol. The van der Waals surface area contributed by atoms with E-state index in [1.807, 2.05) is 19.1 Å². The number of nitrogens with zero attached hydrogens (tertiary/aromatic N) is 1. The van der Waals surface area contributed by atoms with Crippen molar-refractivity contribution in [3.05, 3.63) is 59.7 Å². The molecule has 2 aromatic rings. The summed E-state index contributed by atoms with van der Waals surface area (Å²) >= 11 is 0. The van der Waals surface area contributed by atoms with Gasteiger partial charge in [-0.15, -0.1) is 0 Å². The third kappa shape index (κ3) is 3.82. The highest BCUT2D eigenvalue weighted by molar-refractivity contribution is 5.64. The van der Waals surface area contributed by atoms with Crippen molar-refractivity contribution in [1.29, 1.82) is 0 Å². The Kier molecular flexibility index (Phi) is 4.97. The van der Waals surface area contributed by atoms with Gasteiger partial charge in [0.25, 0.3) is 0 Å². The van der Waals surface area contributed by atoms with Crippen molar-refractivity contribution < 1.29 is 13.9 Å². The molecule has 3 rings (SSSR count). The molecule has 1 heterocycles. The molecule has 1 atom stereocenters. The molecule has 0 bridgehead atoms. The van der Waals surface area contributed by atoms with Gasteiger partial charge in [0, 0.05) is 18.2 Å². The van der Waals surface area contributed by atoms with E-state index >= 15 is 0 Å². The molecule has 1 N–H and O–H groups in total. The van der Waals surface area contributed by atoms with Crippen LogP contribution in [0, 0.1) is 11.6 Å². The van der Waals surface area contributed by atoms with Gasteiger partial charge in [0.1, 0.15) is 11.6 Å². The van der Waals surface area contributed by atoms with Crippen molar-refractivity contribution in [1.82, 2.24) is 4.90 Å². The van der Waals surface area contributed by atoms with Crippen molar-refractivity contribution in [3.8, 4) is 11.1 Å². The van der Waals surface area contributed by atoms with Gasteiger partial charge in [0.2, 0.25) is 0 Å². The summed E-state index contributed by atoms with van der Waals surface area (Å²) in [6.45, 7) is 4.91. The Morgan fingerprint density at radius 2 is 1.71 bits per heavy atom. The molecule has 4 heteroatoms. The van der Waals surface area contributed by atoms with E-state index in [-0.39, 0.29) is 0 Å². The lowest BCUT2D eigenvalue weighted by Crippen LogP contribution is -2.29. The molecule has 0 aromatic heterocycles. The van der Waals surface area contributed by atoms with Crippen LogP contribution in [0.5, 0.6) is 0 Å². The highest BCUT2D eigenvalue weighted by Crippen LogP contribution is 2.29. The minimum Gasteiger partial charge on any atom is -0.385 e. The van der Waals surface area contributed by atoms with Crippen LogP contribution in [-0.4, -0.2) is 29.6 Å². The van der Waals surface area contributed by atoms with Crippen LogP contribution in [0.2, 0.25) is 0 Å². The van der Waals surface area contributed by atoms with Crippen molar-refractivity contribution in [3.63, 3.8) is 0 Å². The maximum absolute atomic E-state index is 13.9. The Morgan fingerprint density at radius 3 is 2.33 bits per heavy atom. The summed E-state index contributed by atoms with van der Waals surface area (Å²) in [6, 6.07) is 10.8.